The first-order chi connectivity index (χ1) is 13.5. The van der Waals surface area contributed by atoms with Crippen molar-refractivity contribution in [2.24, 2.45) is 0 Å². The highest BCUT2D eigenvalue weighted by atomic mass is 19.3. The van der Waals surface area contributed by atoms with E-state index in [-0.39, 0.29) is 37.1 Å². The van der Waals surface area contributed by atoms with Gasteiger partial charge in [0.1, 0.15) is 18.0 Å². The third-order valence-corrected chi connectivity index (χ3v) is 4.22. The standard InChI is InChI=1S/C20H20F2N2O4/c21-20(22)28-15-7-5-14(6-8-15)9-11-23-18(25)13-24-16-3-1-2-4-17(16)27-12-10-19(24)26/h1-8,20H,9-13H2,(H,23,25). The van der Waals surface area contributed by atoms with Crippen molar-refractivity contribution >= 4 is 17.5 Å². The SMILES string of the molecule is O=C(CN1C(=O)CCOc2ccccc21)NCCc1ccc(OC(F)F)cc1. The van der Waals surface area contributed by atoms with Crippen molar-refractivity contribution in [2.45, 2.75) is 19.5 Å². The molecule has 1 aliphatic rings. The Balaban J connectivity index is 1.52. The van der Waals surface area contributed by atoms with Crippen LogP contribution in [0.3, 0.4) is 0 Å². The van der Waals surface area contributed by atoms with Crippen LogP contribution in [0.25, 0.3) is 0 Å². The quantitative estimate of drug-likeness (QED) is 0.790. The van der Waals surface area contributed by atoms with Gasteiger partial charge in [0.15, 0.2) is 0 Å². The second-order valence-electron chi connectivity index (χ2n) is 6.17. The highest BCUT2D eigenvalue weighted by Gasteiger charge is 2.24. The first-order valence-corrected chi connectivity index (χ1v) is 8.85. The molecular weight excluding hydrogens is 370 g/mol. The van der Waals surface area contributed by atoms with Crippen LogP contribution in [0.4, 0.5) is 14.5 Å². The Morgan fingerprint density at radius 1 is 1.18 bits per heavy atom. The number of para-hydroxylation sites is 2. The molecule has 1 N–H and O–H groups in total. The number of ether oxygens (including phenoxy) is 2. The number of benzene rings is 2. The molecule has 0 spiro atoms. The van der Waals surface area contributed by atoms with Crippen LogP contribution in [0.2, 0.25) is 0 Å². The van der Waals surface area contributed by atoms with Gasteiger partial charge in [-0.15, -0.1) is 0 Å². The molecule has 0 saturated heterocycles. The number of carbonyl (C=O) groups is 2. The van der Waals surface area contributed by atoms with Gasteiger partial charge in [-0.2, -0.15) is 8.78 Å². The number of alkyl halides is 2. The van der Waals surface area contributed by atoms with E-state index in [1.54, 1.807) is 30.3 Å². The number of hydrogen-bond acceptors (Lipinski definition) is 4. The number of hydrogen-bond donors (Lipinski definition) is 1. The van der Waals surface area contributed by atoms with Crippen molar-refractivity contribution in [3.05, 3.63) is 54.1 Å². The molecule has 0 aliphatic carbocycles. The van der Waals surface area contributed by atoms with Gasteiger partial charge in [0.25, 0.3) is 0 Å². The number of rotatable bonds is 7. The molecule has 0 radical (unpaired) electrons. The van der Waals surface area contributed by atoms with Crippen molar-refractivity contribution in [1.29, 1.82) is 0 Å². The fraction of sp³-hybridized carbons (Fsp3) is 0.300. The molecule has 2 aromatic carbocycles. The lowest BCUT2D eigenvalue weighted by Gasteiger charge is -2.21. The first kappa shape index (κ1) is 19.6. The fourth-order valence-corrected chi connectivity index (χ4v) is 2.88. The van der Waals surface area contributed by atoms with Crippen LogP contribution < -0.4 is 19.7 Å². The second-order valence-corrected chi connectivity index (χ2v) is 6.17. The van der Waals surface area contributed by atoms with E-state index in [1.807, 2.05) is 6.07 Å². The minimum absolute atomic E-state index is 0.0864. The van der Waals surface area contributed by atoms with E-state index in [1.165, 1.54) is 17.0 Å². The normalized spacial score (nSPS) is 13.5. The number of anilines is 1. The van der Waals surface area contributed by atoms with Crippen LogP contribution >= 0.6 is 0 Å². The second kappa shape index (κ2) is 9.16. The molecule has 1 aliphatic heterocycles. The number of halogens is 2. The van der Waals surface area contributed by atoms with E-state index in [0.717, 1.165) is 5.56 Å². The van der Waals surface area contributed by atoms with E-state index in [0.29, 0.717) is 24.4 Å². The summed E-state index contributed by atoms with van der Waals surface area (Å²) in [6.45, 7) is -2.32. The lowest BCUT2D eigenvalue weighted by atomic mass is 10.1. The van der Waals surface area contributed by atoms with Crippen molar-refractivity contribution in [1.82, 2.24) is 5.32 Å². The molecule has 8 heteroatoms. The molecule has 148 valence electrons. The summed E-state index contributed by atoms with van der Waals surface area (Å²) in [5.74, 6) is 0.202. The number of fused-ring (bicyclic) bond motifs is 1. The van der Waals surface area contributed by atoms with Gasteiger partial charge in [0.05, 0.1) is 18.7 Å². The van der Waals surface area contributed by atoms with Crippen molar-refractivity contribution in [3.63, 3.8) is 0 Å². The van der Waals surface area contributed by atoms with Crippen LogP contribution in [0, 0.1) is 0 Å². The number of nitrogens with zero attached hydrogens (tertiary/aromatic N) is 1. The van der Waals surface area contributed by atoms with Crippen molar-refractivity contribution < 1.29 is 27.8 Å². The van der Waals surface area contributed by atoms with Crippen LogP contribution in [0.5, 0.6) is 11.5 Å². The van der Waals surface area contributed by atoms with Crippen molar-refractivity contribution in [2.75, 3.05) is 24.6 Å². The molecule has 28 heavy (non-hydrogen) atoms. The zero-order valence-electron chi connectivity index (χ0n) is 15.1. The van der Waals surface area contributed by atoms with Crippen molar-refractivity contribution in [3.8, 4) is 11.5 Å². The minimum Gasteiger partial charge on any atom is -0.491 e. The molecular formula is C20H20F2N2O4. The summed E-state index contributed by atoms with van der Waals surface area (Å²) in [4.78, 5) is 26.0. The monoisotopic (exact) mass is 390 g/mol. The zero-order valence-corrected chi connectivity index (χ0v) is 15.1. The third-order valence-electron chi connectivity index (χ3n) is 4.22. The zero-order chi connectivity index (χ0) is 19.9. The largest absolute Gasteiger partial charge is 0.491 e. The van der Waals surface area contributed by atoms with Gasteiger partial charge >= 0.3 is 6.61 Å². The molecule has 0 saturated carbocycles. The predicted molar refractivity (Wildman–Crippen MR) is 98.7 cm³/mol. The fourth-order valence-electron chi connectivity index (χ4n) is 2.88. The Bertz CT molecular complexity index is 827. The average molecular weight is 390 g/mol. The molecule has 2 amide bonds. The van der Waals surface area contributed by atoms with E-state index in [4.69, 9.17) is 4.74 Å². The summed E-state index contributed by atoms with van der Waals surface area (Å²) < 4.78 is 34.1. The van der Waals surface area contributed by atoms with Gasteiger partial charge < -0.3 is 14.8 Å². The summed E-state index contributed by atoms with van der Waals surface area (Å²) in [6, 6.07) is 13.3. The molecule has 0 bridgehead atoms. The summed E-state index contributed by atoms with van der Waals surface area (Å²) >= 11 is 0. The summed E-state index contributed by atoms with van der Waals surface area (Å²) in [5, 5.41) is 2.77. The lowest BCUT2D eigenvalue weighted by Crippen LogP contribution is -2.41. The Morgan fingerprint density at radius 3 is 2.68 bits per heavy atom. The predicted octanol–water partition coefficient (Wildman–Crippen LogP) is 2.76. The summed E-state index contributed by atoms with van der Waals surface area (Å²) in [6.07, 6.45) is 0.726. The Kier molecular flexibility index (Phi) is 6.41. The third kappa shape index (κ3) is 5.18. The van der Waals surface area contributed by atoms with E-state index >= 15 is 0 Å². The van der Waals surface area contributed by atoms with E-state index in [9.17, 15) is 18.4 Å². The molecule has 0 aromatic heterocycles. The number of nitrogens with one attached hydrogen (secondary N) is 1. The molecule has 0 fully saturated rings. The highest BCUT2D eigenvalue weighted by Crippen LogP contribution is 2.30. The van der Waals surface area contributed by atoms with E-state index < -0.39 is 6.61 Å². The highest BCUT2D eigenvalue weighted by molar-refractivity contribution is 6.00. The maximum Gasteiger partial charge on any atom is 0.387 e. The number of carbonyl (C=O) groups excluding carboxylic acids is 2. The van der Waals surface area contributed by atoms with Gasteiger partial charge in [0, 0.05) is 6.54 Å². The molecule has 0 unspecified atom stereocenters. The molecule has 6 nitrogen and oxygen atoms in total. The average Bonchev–Trinajstić information content (AvgIpc) is 2.82. The minimum atomic E-state index is -2.86. The smallest absolute Gasteiger partial charge is 0.387 e. The summed E-state index contributed by atoms with van der Waals surface area (Å²) in [7, 11) is 0. The topological polar surface area (TPSA) is 67.9 Å². The van der Waals surface area contributed by atoms with Crippen LogP contribution in [-0.4, -0.2) is 38.1 Å². The summed E-state index contributed by atoms with van der Waals surface area (Å²) in [5.41, 5.74) is 1.45. The molecule has 0 atom stereocenters. The van der Waals surface area contributed by atoms with Gasteiger partial charge in [-0.05, 0) is 36.2 Å². The Morgan fingerprint density at radius 2 is 1.93 bits per heavy atom. The Labute approximate surface area is 161 Å². The van der Waals surface area contributed by atoms with E-state index in [2.05, 4.69) is 10.1 Å². The number of amides is 2. The molecule has 3 rings (SSSR count). The van der Waals surface area contributed by atoms with Gasteiger partial charge in [0.2, 0.25) is 11.8 Å². The van der Waals surface area contributed by atoms with Crippen LogP contribution in [0.1, 0.15) is 12.0 Å². The first-order valence-electron chi connectivity index (χ1n) is 8.85. The maximum absolute atomic E-state index is 12.3. The van der Waals surface area contributed by atoms with Gasteiger partial charge in [-0.3, -0.25) is 14.5 Å². The molecule has 1 heterocycles. The lowest BCUT2D eigenvalue weighted by molar-refractivity contribution is -0.123. The van der Waals surface area contributed by atoms with Gasteiger partial charge in [-0.25, -0.2) is 0 Å². The van der Waals surface area contributed by atoms with Crippen LogP contribution in [-0.2, 0) is 16.0 Å². The molecule has 2 aromatic rings. The van der Waals surface area contributed by atoms with Gasteiger partial charge in [-0.1, -0.05) is 24.3 Å². The van der Waals surface area contributed by atoms with Crippen LogP contribution in [0.15, 0.2) is 48.5 Å². The maximum atomic E-state index is 12.3. The Hall–Kier alpha value is -3.16.